The molecule has 0 unspecified atom stereocenters. The molecular weight excluding hydrogens is 300 g/mol. The van der Waals surface area contributed by atoms with Gasteiger partial charge in [0.15, 0.2) is 6.61 Å². The van der Waals surface area contributed by atoms with E-state index in [1.807, 2.05) is 17.9 Å². The zero-order chi connectivity index (χ0) is 17.5. The molecule has 0 saturated carbocycles. The molecule has 0 bridgehead atoms. The molecule has 1 heterocycles. The van der Waals surface area contributed by atoms with Crippen LogP contribution in [-0.4, -0.2) is 43.6 Å². The fraction of sp³-hybridized carbons (Fsp3) is 0.650. The fourth-order valence-electron chi connectivity index (χ4n) is 3.21. The maximum absolute atomic E-state index is 12.4. The van der Waals surface area contributed by atoms with Gasteiger partial charge in [-0.05, 0) is 61.9 Å². The number of likely N-dealkylation sites (tertiary alicyclic amines) is 1. The molecule has 1 amide bonds. The molecule has 1 aromatic rings. The van der Waals surface area contributed by atoms with Crippen molar-refractivity contribution in [1.29, 1.82) is 0 Å². The zero-order valence-electron chi connectivity index (χ0n) is 15.6. The van der Waals surface area contributed by atoms with Crippen LogP contribution in [0.4, 0.5) is 0 Å². The van der Waals surface area contributed by atoms with Gasteiger partial charge in [-0.15, -0.1) is 0 Å². The van der Waals surface area contributed by atoms with Gasteiger partial charge in [-0.3, -0.25) is 4.79 Å². The van der Waals surface area contributed by atoms with Gasteiger partial charge >= 0.3 is 0 Å². The summed E-state index contributed by atoms with van der Waals surface area (Å²) in [5, 5.41) is 3.40. The summed E-state index contributed by atoms with van der Waals surface area (Å²) in [5.41, 5.74) is 2.32. The average Bonchev–Trinajstić information content (AvgIpc) is 2.58. The van der Waals surface area contributed by atoms with E-state index in [-0.39, 0.29) is 12.5 Å². The van der Waals surface area contributed by atoms with Gasteiger partial charge in [0, 0.05) is 13.1 Å². The van der Waals surface area contributed by atoms with Crippen LogP contribution >= 0.6 is 0 Å². The molecule has 1 aromatic carbocycles. The lowest BCUT2D eigenvalue weighted by Crippen LogP contribution is -2.42. The van der Waals surface area contributed by atoms with Gasteiger partial charge in [-0.1, -0.05) is 32.9 Å². The van der Waals surface area contributed by atoms with Crippen molar-refractivity contribution in [2.45, 2.75) is 46.5 Å². The van der Waals surface area contributed by atoms with Crippen molar-refractivity contribution in [2.24, 2.45) is 5.92 Å². The fourth-order valence-corrected chi connectivity index (χ4v) is 3.21. The maximum Gasteiger partial charge on any atom is 0.260 e. The first-order chi connectivity index (χ1) is 11.5. The van der Waals surface area contributed by atoms with Crippen LogP contribution in [-0.2, 0) is 4.79 Å². The summed E-state index contributed by atoms with van der Waals surface area (Å²) in [7, 11) is 0. The number of benzene rings is 1. The Hall–Kier alpha value is -1.55. The summed E-state index contributed by atoms with van der Waals surface area (Å²) in [6.45, 7) is 12.4. The molecule has 1 aliphatic heterocycles. The van der Waals surface area contributed by atoms with Gasteiger partial charge in [-0.25, -0.2) is 0 Å². The van der Waals surface area contributed by atoms with Crippen LogP contribution < -0.4 is 10.1 Å². The van der Waals surface area contributed by atoms with Crippen molar-refractivity contribution < 1.29 is 9.53 Å². The Morgan fingerprint density at radius 3 is 2.67 bits per heavy atom. The third-order valence-electron chi connectivity index (χ3n) is 4.79. The summed E-state index contributed by atoms with van der Waals surface area (Å²) in [6, 6.07) is 6.23. The Labute approximate surface area is 146 Å². The number of amides is 1. The Morgan fingerprint density at radius 1 is 1.33 bits per heavy atom. The lowest BCUT2D eigenvalue weighted by Gasteiger charge is -2.32. The second-order valence-electron chi connectivity index (χ2n) is 7.12. The highest BCUT2D eigenvalue weighted by molar-refractivity contribution is 5.77. The highest BCUT2D eigenvalue weighted by atomic mass is 16.5. The van der Waals surface area contributed by atoms with Crippen molar-refractivity contribution in [3.8, 4) is 5.75 Å². The third kappa shape index (κ3) is 5.23. The summed E-state index contributed by atoms with van der Waals surface area (Å²) in [4.78, 5) is 14.4. The summed E-state index contributed by atoms with van der Waals surface area (Å²) >= 11 is 0. The number of nitrogens with zero attached hydrogens (tertiary/aromatic N) is 1. The topological polar surface area (TPSA) is 41.6 Å². The molecule has 1 aliphatic rings. The predicted molar refractivity (Wildman–Crippen MR) is 98.6 cm³/mol. The summed E-state index contributed by atoms with van der Waals surface area (Å²) < 4.78 is 5.88. The normalized spacial score (nSPS) is 15.8. The Bertz CT molecular complexity index is 534. The maximum atomic E-state index is 12.4. The van der Waals surface area contributed by atoms with Crippen LogP contribution in [0.1, 0.15) is 50.7 Å². The summed E-state index contributed by atoms with van der Waals surface area (Å²) in [5.74, 6) is 2.03. The van der Waals surface area contributed by atoms with E-state index >= 15 is 0 Å². The number of ether oxygens (including phenoxy) is 1. The molecule has 0 atom stereocenters. The molecule has 1 fully saturated rings. The number of aryl methyl sites for hydroxylation is 1. The molecule has 1 N–H and O–H groups in total. The van der Waals surface area contributed by atoms with E-state index in [0.717, 1.165) is 55.9 Å². The van der Waals surface area contributed by atoms with Gasteiger partial charge in [0.25, 0.3) is 5.91 Å². The predicted octanol–water partition coefficient (Wildman–Crippen LogP) is 3.35. The molecule has 1 saturated heterocycles. The van der Waals surface area contributed by atoms with E-state index < -0.39 is 0 Å². The molecule has 134 valence electrons. The van der Waals surface area contributed by atoms with Crippen molar-refractivity contribution in [3.63, 3.8) is 0 Å². The number of carbonyl (C=O) groups excluding carboxylic acids is 1. The molecule has 0 radical (unpaired) electrons. The van der Waals surface area contributed by atoms with Crippen LogP contribution in [0, 0.1) is 12.8 Å². The van der Waals surface area contributed by atoms with Gasteiger partial charge in [-0.2, -0.15) is 0 Å². The molecule has 4 heteroatoms. The van der Waals surface area contributed by atoms with Crippen molar-refractivity contribution >= 4 is 5.91 Å². The minimum atomic E-state index is 0.105. The largest absolute Gasteiger partial charge is 0.483 e. The number of carbonyl (C=O) groups is 1. The quantitative estimate of drug-likeness (QED) is 0.832. The van der Waals surface area contributed by atoms with Crippen LogP contribution in [0.25, 0.3) is 0 Å². The van der Waals surface area contributed by atoms with E-state index in [4.69, 9.17) is 4.74 Å². The van der Waals surface area contributed by atoms with Crippen molar-refractivity contribution in [1.82, 2.24) is 10.2 Å². The van der Waals surface area contributed by atoms with E-state index in [9.17, 15) is 4.79 Å². The number of nitrogens with one attached hydrogen (secondary N) is 1. The molecule has 24 heavy (non-hydrogen) atoms. The lowest BCUT2D eigenvalue weighted by molar-refractivity contribution is -0.134. The van der Waals surface area contributed by atoms with Crippen LogP contribution in [0.2, 0.25) is 0 Å². The van der Waals surface area contributed by atoms with Gasteiger partial charge in [0.2, 0.25) is 0 Å². The molecule has 0 aromatic heterocycles. The second kappa shape index (κ2) is 9.07. The summed E-state index contributed by atoms with van der Waals surface area (Å²) in [6.07, 6.45) is 2.17. The highest BCUT2D eigenvalue weighted by Gasteiger charge is 2.23. The number of piperidine rings is 1. The monoisotopic (exact) mass is 332 g/mol. The molecule has 2 rings (SSSR count). The zero-order valence-corrected chi connectivity index (χ0v) is 15.6. The molecular formula is C20H32N2O2. The second-order valence-corrected chi connectivity index (χ2v) is 7.12. The van der Waals surface area contributed by atoms with Crippen LogP contribution in [0.5, 0.6) is 5.75 Å². The molecule has 0 aliphatic carbocycles. The smallest absolute Gasteiger partial charge is 0.260 e. The number of rotatable bonds is 7. The van der Waals surface area contributed by atoms with Crippen LogP contribution in [0.3, 0.4) is 0 Å². The average molecular weight is 332 g/mol. The Morgan fingerprint density at radius 2 is 2.04 bits per heavy atom. The van der Waals surface area contributed by atoms with Gasteiger partial charge in [0.1, 0.15) is 5.75 Å². The Balaban J connectivity index is 1.85. The van der Waals surface area contributed by atoms with E-state index in [2.05, 4.69) is 38.2 Å². The minimum absolute atomic E-state index is 0.105. The van der Waals surface area contributed by atoms with Crippen molar-refractivity contribution in [2.75, 3.05) is 32.8 Å². The van der Waals surface area contributed by atoms with Crippen molar-refractivity contribution in [3.05, 3.63) is 29.3 Å². The highest BCUT2D eigenvalue weighted by Crippen LogP contribution is 2.27. The first kappa shape index (κ1) is 18.8. The lowest BCUT2D eigenvalue weighted by atomic mass is 9.97. The molecule has 4 nitrogen and oxygen atoms in total. The first-order valence-electron chi connectivity index (χ1n) is 9.23. The first-order valence-corrected chi connectivity index (χ1v) is 9.23. The van der Waals surface area contributed by atoms with Gasteiger partial charge < -0.3 is 15.0 Å². The van der Waals surface area contributed by atoms with Crippen LogP contribution in [0.15, 0.2) is 18.2 Å². The van der Waals surface area contributed by atoms with E-state index in [0.29, 0.717) is 11.8 Å². The van der Waals surface area contributed by atoms with E-state index in [1.165, 1.54) is 0 Å². The molecule has 0 spiro atoms. The number of hydrogen-bond acceptors (Lipinski definition) is 3. The number of hydrogen-bond donors (Lipinski definition) is 1. The standard InChI is InChI=1S/C20H32N2O2/c1-5-21-13-17-8-10-22(11-9-17)20(23)14-24-19-12-16(4)6-7-18(19)15(2)3/h6-7,12,15,17,21H,5,8-11,13-14H2,1-4H3. The Kier molecular flexibility index (Phi) is 7.10. The SMILES string of the molecule is CCNCC1CCN(C(=O)COc2cc(C)ccc2C(C)C)CC1. The minimum Gasteiger partial charge on any atom is -0.483 e. The van der Waals surface area contributed by atoms with Gasteiger partial charge in [0.05, 0.1) is 0 Å². The van der Waals surface area contributed by atoms with E-state index in [1.54, 1.807) is 0 Å². The third-order valence-corrected chi connectivity index (χ3v) is 4.79.